The number of para-hydroxylation sites is 3. The lowest BCUT2D eigenvalue weighted by molar-refractivity contribution is 0.426. The van der Waals surface area contributed by atoms with Crippen LogP contribution in [-0.4, -0.2) is 0 Å². The number of nitrogens with zero attached hydrogens (tertiary/aromatic N) is 1. The van der Waals surface area contributed by atoms with Crippen LogP contribution in [-0.2, 0) is 0 Å². The minimum atomic E-state index is 0.314. The number of anilines is 3. The molecule has 46 heavy (non-hydrogen) atoms. The third-order valence-electron chi connectivity index (χ3n) is 9.30. The molecule has 0 saturated heterocycles. The molecule has 1 aromatic heterocycles. The molecule has 1 atom stereocenters. The normalized spacial score (nSPS) is 15.0. The monoisotopic (exact) mass is 593 g/mol. The van der Waals surface area contributed by atoms with Crippen LogP contribution in [0.1, 0.15) is 23.5 Å². The smallest absolute Gasteiger partial charge is 0.143 e. The van der Waals surface area contributed by atoms with Gasteiger partial charge in [-0.15, -0.1) is 0 Å². The van der Waals surface area contributed by atoms with Crippen LogP contribution in [0.4, 0.5) is 17.1 Å². The number of aryl methyl sites for hydroxylation is 1. The van der Waals surface area contributed by atoms with Gasteiger partial charge in [0.15, 0.2) is 0 Å². The number of fused-ring (bicyclic) bond motifs is 6. The zero-order valence-corrected chi connectivity index (χ0v) is 25.5. The first-order valence-corrected chi connectivity index (χ1v) is 15.9. The summed E-state index contributed by atoms with van der Waals surface area (Å²) < 4.78 is 12.8. The van der Waals surface area contributed by atoms with E-state index in [1.54, 1.807) is 0 Å². The zero-order chi connectivity index (χ0) is 30.6. The fourth-order valence-electron chi connectivity index (χ4n) is 7.00. The van der Waals surface area contributed by atoms with Gasteiger partial charge in [-0.25, -0.2) is 0 Å². The highest BCUT2D eigenvalue weighted by Crippen LogP contribution is 2.49. The van der Waals surface area contributed by atoms with Crippen molar-refractivity contribution in [3.05, 3.63) is 169 Å². The minimum absolute atomic E-state index is 0.314. The Morgan fingerprint density at radius 2 is 1.37 bits per heavy atom. The molecule has 3 heteroatoms. The summed E-state index contributed by atoms with van der Waals surface area (Å²) in [6.07, 6.45) is 7.40. The fraction of sp³-hybridized carbons (Fsp3) is 0.0698. The van der Waals surface area contributed by atoms with Crippen LogP contribution < -0.4 is 9.64 Å². The van der Waals surface area contributed by atoms with Crippen molar-refractivity contribution in [3.63, 3.8) is 0 Å². The van der Waals surface area contributed by atoms with Gasteiger partial charge in [-0.05, 0) is 73.0 Å². The van der Waals surface area contributed by atoms with Crippen LogP contribution in [0.2, 0.25) is 0 Å². The van der Waals surface area contributed by atoms with Gasteiger partial charge in [0.05, 0.1) is 0 Å². The number of allylic oxidation sites excluding steroid dienone is 4. The van der Waals surface area contributed by atoms with E-state index in [0.29, 0.717) is 5.92 Å². The Morgan fingerprint density at radius 1 is 0.630 bits per heavy atom. The molecule has 0 bridgehead atoms. The second-order valence-corrected chi connectivity index (χ2v) is 12.2. The van der Waals surface area contributed by atoms with Crippen molar-refractivity contribution in [2.75, 3.05) is 4.90 Å². The van der Waals surface area contributed by atoms with Gasteiger partial charge >= 0.3 is 0 Å². The maximum absolute atomic E-state index is 6.42. The van der Waals surface area contributed by atoms with E-state index in [-0.39, 0.29) is 0 Å². The van der Waals surface area contributed by atoms with Crippen LogP contribution in [0, 0.1) is 6.92 Å². The van der Waals surface area contributed by atoms with Gasteiger partial charge in [-0.3, -0.25) is 0 Å². The number of benzene rings is 6. The summed E-state index contributed by atoms with van der Waals surface area (Å²) in [5.74, 6) is 2.34. The molecule has 1 aliphatic heterocycles. The third-order valence-corrected chi connectivity index (χ3v) is 9.30. The highest BCUT2D eigenvalue weighted by Gasteiger charge is 2.31. The maximum atomic E-state index is 6.42. The van der Waals surface area contributed by atoms with Crippen LogP contribution in [0.3, 0.4) is 0 Å². The SMILES string of the molecule is Cc1ccc(N(c2ccc(-c3cccc4c3OC3=CC=CCC34)cc2)c2cccc(-c3cccc4c3oc3ccccc34)c2)cc1. The number of hydrogen-bond donors (Lipinski definition) is 0. The first kappa shape index (κ1) is 26.6. The Balaban J connectivity index is 1.13. The molecule has 2 heterocycles. The van der Waals surface area contributed by atoms with E-state index in [2.05, 4.69) is 151 Å². The van der Waals surface area contributed by atoms with Crippen molar-refractivity contribution in [1.82, 2.24) is 0 Å². The average Bonchev–Trinajstić information content (AvgIpc) is 3.68. The molecule has 0 spiro atoms. The molecule has 6 aromatic carbocycles. The Morgan fingerprint density at radius 3 is 2.24 bits per heavy atom. The molecule has 2 aliphatic rings. The number of rotatable bonds is 5. The Hall–Kier alpha value is -5.80. The zero-order valence-electron chi connectivity index (χ0n) is 25.5. The molecule has 0 N–H and O–H groups in total. The molecule has 7 aromatic rings. The van der Waals surface area contributed by atoms with E-state index < -0.39 is 0 Å². The van der Waals surface area contributed by atoms with Gasteiger partial charge < -0.3 is 14.1 Å². The molecular formula is C43H31NO2. The largest absolute Gasteiger partial charge is 0.460 e. The standard InChI is InChI=1S/C43H31NO2/c1-28-19-23-31(24-20-28)44(32-25-21-29(22-26-32)34-13-7-15-38-36-11-2-4-17-40(36)45-42(34)38)33-10-6-9-30(27-33)35-14-8-16-39-37-12-3-5-18-41(37)46-43(35)39/h2-10,12-27,36H,11H2,1H3. The molecule has 0 saturated carbocycles. The second kappa shape index (κ2) is 10.7. The predicted molar refractivity (Wildman–Crippen MR) is 189 cm³/mol. The predicted octanol–water partition coefficient (Wildman–Crippen LogP) is 12.0. The molecule has 0 radical (unpaired) electrons. The van der Waals surface area contributed by atoms with Gasteiger partial charge in [0, 0.05) is 50.4 Å². The topological polar surface area (TPSA) is 25.6 Å². The number of hydrogen-bond acceptors (Lipinski definition) is 3. The molecule has 0 fully saturated rings. The van der Waals surface area contributed by atoms with Gasteiger partial charge in [0.2, 0.25) is 0 Å². The summed E-state index contributed by atoms with van der Waals surface area (Å²) >= 11 is 0. The first-order valence-electron chi connectivity index (χ1n) is 15.9. The number of furan rings is 1. The minimum Gasteiger partial charge on any atom is -0.460 e. The number of ether oxygens (including phenoxy) is 1. The summed E-state index contributed by atoms with van der Waals surface area (Å²) in [5.41, 5.74) is 12.0. The molecule has 1 unspecified atom stereocenters. The molecular weight excluding hydrogens is 562 g/mol. The van der Waals surface area contributed by atoms with E-state index in [9.17, 15) is 0 Å². The molecule has 1 aliphatic carbocycles. The van der Waals surface area contributed by atoms with Crippen LogP contribution >= 0.6 is 0 Å². The Kier molecular flexibility index (Phi) is 6.17. The van der Waals surface area contributed by atoms with Crippen molar-refractivity contribution in [3.8, 4) is 28.0 Å². The highest BCUT2D eigenvalue weighted by atomic mass is 16.5. The van der Waals surface area contributed by atoms with Gasteiger partial charge in [-0.1, -0.05) is 109 Å². The Labute approximate surface area is 268 Å². The van der Waals surface area contributed by atoms with E-state index in [0.717, 1.165) is 79.2 Å². The summed E-state index contributed by atoms with van der Waals surface area (Å²) in [4.78, 5) is 2.32. The van der Waals surface area contributed by atoms with E-state index >= 15 is 0 Å². The Bertz CT molecular complexity index is 2320. The quantitative estimate of drug-likeness (QED) is 0.199. The van der Waals surface area contributed by atoms with Gasteiger partial charge in [0.25, 0.3) is 0 Å². The maximum Gasteiger partial charge on any atom is 0.143 e. The lowest BCUT2D eigenvalue weighted by Gasteiger charge is -2.26. The van der Waals surface area contributed by atoms with Crippen molar-refractivity contribution in [2.24, 2.45) is 0 Å². The third kappa shape index (κ3) is 4.35. The summed E-state index contributed by atoms with van der Waals surface area (Å²) in [6, 6.07) is 47.5. The first-order chi connectivity index (χ1) is 22.7. The summed E-state index contributed by atoms with van der Waals surface area (Å²) in [5, 5.41) is 2.27. The van der Waals surface area contributed by atoms with Crippen LogP contribution in [0.15, 0.2) is 162 Å². The van der Waals surface area contributed by atoms with Crippen molar-refractivity contribution in [2.45, 2.75) is 19.3 Å². The lowest BCUT2D eigenvalue weighted by atomic mass is 9.90. The molecule has 220 valence electrons. The van der Waals surface area contributed by atoms with Gasteiger partial charge in [-0.2, -0.15) is 0 Å². The van der Waals surface area contributed by atoms with E-state index in [4.69, 9.17) is 9.15 Å². The van der Waals surface area contributed by atoms with Crippen molar-refractivity contribution < 1.29 is 9.15 Å². The summed E-state index contributed by atoms with van der Waals surface area (Å²) in [7, 11) is 0. The molecule has 0 amide bonds. The van der Waals surface area contributed by atoms with Gasteiger partial charge in [0.1, 0.15) is 22.7 Å². The molecule has 3 nitrogen and oxygen atoms in total. The van der Waals surface area contributed by atoms with E-state index in [1.165, 1.54) is 11.1 Å². The van der Waals surface area contributed by atoms with Crippen molar-refractivity contribution >= 4 is 39.0 Å². The van der Waals surface area contributed by atoms with Crippen LogP contribution in [0.5, 0.6) is 5.75 Å². The highest BCUT2D eigenvalue weighted by molar-refractivity contribution is 6.09. The van der Waals surface area contributed by atoms with Crippen LogP contribution in [0.25, 0.3) is 44.2 Å². The molecule has 9 rings (SSSR count). The summed E-state index contributed by atoms with van der Waals surface area (Å²) in [6.45, 7) is 2.13. The lowest BCUT2D eigenvalue weighted by Crippen LogP contribution is -2.10. The van der Waals surface area contributed by atoms with E-state index in [1.807, 2.05) is 12.1 Å². The fourth-order valence-corrected chi connectivity index (χ4v) is 7.00. The second-order valence-electron chi connectivity index (χ2n) is 12.2. The average molecular weight is 594 g/mol. The van der Waals surface area contributed by atoms with Crippen molar-refractivity contribution in [1.29, 1.82) is 0 Å².